The molecule has 14 heavy (non-hydrogen) atoms. The highest BCUT2D eigenvalue weighted by Gasteiger charge is 2.10. The fourth-order valence-electron chi connectivity index (χ4n) is 1.39. The molecule has 1 aromatic rings. The molecule has 0 amide bonds. The summed E-state index contributed by atoms with van der Waals surface area (Å²) in [5, 5.41) is 0. The Morgan fingerprint density at radius 3 is 2.50 bits per heavy atom. The second-order valence-electron chi connectivity index (χ2n) is 4.02. The maximum absolute atomic E-state index is 5.30. The number of ether oxygens (including phenoxy) is 1. The van der Waals surface area contributed by atoms with Gasteiger partial charge in [0, 0.05) is 0 Å². The SMILES string of the molecule is [CH2]C(Cc1ccccc1OC)C(C)C. The summed E-state index contributed by atoms with van der Waals surface area (Å²) in [5.41, 5.74) is 1.25. The number of hydrogen-bond donors (Lipinski definition) is 0. The summed E-state index contributed by atoms with van der Waals surface area (Å²) in [6, 6.07) is 8.16. The van der Waals surface area contributed by atoms with E-state index in [0.717, 1.165) is 12.2 Å². The van der Waals surface area contributed by atoms with E-state index in [2.05, 4.69) is 26.8 Å². The van der Waals surface area contributed by atoms with Gasteiger partial charge >= 0.3 is 0 Å². The summed E-state index contributed by atoms with van der Waals surface area (Å²) in [6.45, 7) is 8.56. The average Bonchev–Trinajstić information content (AvgIpc) is 2.18. The Morgan fingerprint density at radius 2 is 1.93 bits per heavy atom. The molecule has 0 spiro atoms. The number of hydrogen-bond acceptors (Lipinski definition) is 1. The Kier molecular flexibility index (Phi) is 3.99. The van der Waals surface area contributed by atoms with Crippen LogP contribution < -0.4 is 4.74 Å². The van der Waals surface area contributed by atoms with E-state index in [1.165, 1.54) is 5.56 Å². The topological polar surface area (TPSA) is 9.23 Å². The van der Waals surface area contributed by atoms with Crippen molar-refractivity contribution in [2.45, 2.75) is 20.3 Å². The average molecular weight is 191 g/mol. The van der Waals surface area contributed by atoms with Gasteiger partial charge in [0.05, 0.1) is 7.11 Å². The highest BCUT2D eigenvalue weighted by atomic mass is 16.5. The second-order valence-corrected chi connectivity index (χ2v) is 4.02. The number of methoxy groups -OCH3 is 1. The van der Waals surface area contributed by atoms with Crippen LogP contribution in [0.3, 0.4) is 0 Å². The Labute approximate surface area is 87.1 Å². The van der Waals surface area contributed by atoms with Gasteiger partial charge in [-0.3, -0.25) is 0 Å². The van der Waals surface area contributed by atoms with Crippen molar-refractivity contribution in [2.24, 2.45) is 11.8 Å². The van der Waals surface area contributed by atoms with E-state index in [9.17, 15) is 0 Å². The fourth-order valence-corrected chi connectivity index (χ4v) is 1.39. The van der Waals surface area contributed by atoms with Crippen molar-refractivity contribution >= 4 is 0 Å². The van der Waals surface area contributed by atoms with Gasteiger partial charge in [-0.2, -0.15) is 0 Å². The molecule has 0 saturated carbocycles. The van der Waals surface area contributed by atoms with Crippen molar-refractivity contribution in [1.82, 2.24) is 0 Å². The normalized spacial score (nSPS) is 12.9. The lowest BCUT2D eigenvalue weighted by atomic mass is 9.91. The van der Waals surface area contributed by atoms with E-state index >= 15 is 0 Å². The molecular formula is C13H19O. The highest BCUT2D eigenvalue weighted by Crippen LogP contribution is 2.23. The molecule has 0 aromatic heterocycles. The van der Waals surface area contributed by atoms with Crippen LogP contribution in [0.25, 0.3) is 0 Å². The highest BCUT2D eigenvalue weighted by molar-refractivity contribution is 5.33. The van der Waals surface area contributed by atoms with Crippen LogP contribution >= 0.6 is 0 Å². The monoisotopic (exact) mass is 191 g/mol. The molecule has 0 aliphatic carbocycles. The third kappa shape index (κ3) is 2.76. The quantitative estimate of drug-likeness (QED) is 0.709. The molecule has 0 N–H and O–H groups in total. The minimum Gasteiger partial charge on any atom is -0.496 e. The fraction of sp³-hybridized carbons (Fsp3) is 0.462. The van der Waals surface area contributed by atoms with Gasteiger partial charge in [0.25, 0.3) is 0 Å². The zero-order valence-corrected chi connectivity index (χ0v) is 9.29. The Hall–Kier alpha value is -0.980. The zero-order valence-electron chi connectivity index (χ0n) is 9.29. The van der Waals surface area contributed by atoms with Gasteiger partial charge in [-0.25, -0.2) is 0 Å². The standard InChI is InChI=1S/C13H19O/c1-10(2)11(3)9-12-7-5-6-8-13(12)14-4/h5-8,10-11H,3,9H2,1-2,4H3. The predicted molar refractivity (Wildman–Crippen MR) is 60.4 cm³/mol. The van der Waals surface area contributed by atoms with E-state index < -0.39 is 0 Å². The molecule has 77 valence electrons. The molecule has 1 radical (unpaired) electrons. The van der Waals surface area contributed by atoms with Crippen molar-refractivity contribution < 1.29 is 4.74 Å². The summed E-state index contributed by atoms with van der Waals surface area (Å²) in [6.07, 6.45) is 0.988. The number of benzene rings is 1. The van der Waals surface area contributed by atoms with E-state index in [-0.39, 0.29) is 0 Å². The molecule has 0 aliphatic heterocycles. The molecule has 1 nitrogen and oxygen atoms in total. The Balaban J connectivity index is 2.75. The van der Waals surface area contributed by atoms with Crippen LogP contribution in [0.15, 0.2) is 24.3 Å². The summed E-state index contributed by atoms with van der Waals surface area (Å²) in [4.78, 5) is 0. The molecule has 0 fully saturated rings. The van der Waals surface area contributed by atoms with Crippen molar-refractivity contribution in [3.05, 3.63) is 36.8 Å². The van der Waals surface area contributed by atoms with E-state index in [4.69, 9.17) is 4.74 Å². The molecule has 0 saturated heterocycles. The third-order valence-corrected chi connectivity index (χ3v) is 2.62. The molecule has 1 rings (SSSR count). The molecular weight excluding hydrogens is 172 g/mol. The minimum absolute atomic E-state index is 0.450. The first kappa shape index (κ1) is 11.1. The molecule has 1 atom stereocenters. The van der Waals surface area contributed by atoms with Gasteiger partial charge in [-0.05, 0) is 36.8 Å². The number of para-hydroxylation sites is 1. The van der Waals surface area contributed by atoms with E-state index in [0.29, 0.717) is 11.8 Å². The maximum atomic E-state index is 5.30. The summed E-state index contributed by atoms with van der Waals surface area (Å²) in [7, 11) is 1.71. The smallest absolute Gasteiger partial charge is 0.122 e. The van der Waals surface area contributed by atoms with Crippen LogP contribution in [0.5, 0.6) is 5.75 Å². The molecule has 0 bridgehead atoms. The zero-order chi connectivity index (χ0) is 10.6. The van der Waals surface area contributed by atoms with Crippen LogP contribution in [-0.2, 0) is 6.42 Å². The van der Waals surface area contributed by atoms with Gasteiger partial charge in [0.15, 0.2) is 0 Å². The summed E-state index contributed by atoms with van der Waals surface area (Å²) < 4.78 is 5.30. The van der Waals surface area contributed by atoms with Gasteiger partial charge < -0.3 is 4.74 Å². The molecule has 1 aromatic carbocycles. The Bertz CT molecular complexity index is 278. The van der Waals surface area contributed by atoms with E-state index in [1.807, 2.05) is 18.2 Å². The van der Waals surface area contributed by atoms with Crippen molar-refractivity contribution in [1.29, 1.82) is 0 Å². The largest absolute Gasteiger partial charge is 0.496 e. The minimum atomic E-state index is 0.450. The maximum Gasteiger partial charge on any atom is 0.122 e. The molecule has 1 heteroatoms. The first-order valence-electron chi connectivity index (χ1n) is 5.10. The van der Waals surface area contributed by atoms with Gasteiger partial charge in [-0.15, -0.1) is 0 Å². The first-order valence-corrected chi connectivity index (χ1v) is 5.10. The number of rotatable bonds is 4. The predicted octanol–water partition coefficient (Wildman–Crippen LogP) is 3.34. The lowest BCUT2D eigenvalue weighted by Gasteiger charge is -2.16. The van der Waals surface area contributed by atoms with Gasteiger partial charge in [-0.1, -0.05) is 32.0 Å². The van der Waals surface area contributed by atoms with Crippen LogP contribution in [0.1, 0.15) is 19.4 Å². The molecule has 1 unspecified atom stereocenters. The molecule has 0 heterocycles. The second kappa shape index (κ2) is 5.04. The van der Waals surface area contributed by atoms with Crippen LogP contribution in [-0.4, -0.2) is 7.11 Å². The summed E-state index contributed by atoms with van der Waals surface area (Å²) in [5.74, 6) is 2.04. The Morgan fingerprint density at radius 1 is 1.29 bits per heavy atom. The van der Waals surface area contributed by atoms with Gasteiger partial charge in [0.2, 0.25) is 0 Å². The van der Waals surface area contributed by atoms with Crippen LogP contribution in [0.2, 0.25) is 0 Å². The van der Waals surface area contributed by atoms with Crippen molar-refractivity contribution in [3.8, 4) is 5.75 Å². The lowest BCUT2D eigenvalue weighted by molar-refractivity contribution is 0.398. The van der Waals surface area contributed by atoms with Crippen molar-refractivity contribution in [2.75, 3.05) is 7.11 Å². The van der Waals surface area contributed by atoms with Gasteiger partial charge in [0.1, 0.15) is 5.75 Å². The summed E-state index contributed by atoms with van der Waals surface area (Å²) >= 11 is 0. The molecule has 0 aliphatic rings. The van der Waals surface area contributed by atoms with E-state index in [1.54, 1.807) is 7.11 Å². The van der Waals surface area contributed by atoms with Crippen LogP contribution in [0, 0.1) is 18.8 Å². The van der Waals surface area contributed by atoms with Crippen molar-refractivity contribution in [3.63, 3.8) is 0 Å². The van der Waals surface area contributed by atoms with Crippen LogP contribution in [0.4, 0.5) is 0 Å². The third-order valence-electron chi connectivity index (χ3n) is 2.62. The lowest BCUT2D eigenvalue weighted by Crippen LogP contribution is -2.08. The first-order chi connectivity index (χ1) is 6.65.